The average Bonchev–Trinajstić information content (AvgIpc) is 2.87. The molecule has 0 amide bonds. The van der Waals surface area contributed by atoms with E-state index >= 15 is 0 Å². The van der Waals surface area contributed by atoms with E-state index in [2.05, 4.69) is 42.4 Å². The number of β-amino-alcohol motifs (C(OH)–C–C–N with tert-alkyl or cyclic N) is 2. The molecular weight excluding hydrogens is 294 g/mol. The van der Waals surface area contributed by atoms with Crippen LogP contribution in [0.2, 0.25) is 0 Å². The lowest BCUT2D eigenvalue weighted by Crippen LogP contribution is -2.64. The van der Waals surface area contributed by atoms with Crippen LogP contribution in [-0.2, 0) is 0 Å². The first-order chi connectivity index (χ1) is 10.8. The summed E-state index contributed by atoms with van der Waals surface area (Å²) in [5, 5.41) is 30.4. The lowest BCUT2D eigenvalue weighted by atomic mass is 9.94. The molecule has 2 saturated heterocycles. The Morgan fingerprint density at radius 3 is 2.35 bits per heavy atom. The van der Waals surface area contributed by atoms with Gasteiger partial charge >= 0.3 is 0 Å². The van der Waals surface area contributed by atoms with E-state index in [4.69, 9.17) is 0 Å². The zero-order valence-electron chi connectivity index (χ0n) is 15.1. The fraction of sp³-hybridized carbons (Fsp3) is 1.00. The van der Waals surface area contributed by atoms with E-state index in [1.807, 2.05) is 0 Å². The predicted molar refractivity (Wildman–Crippen MR) is 91.4 cm³/mol. The molecule has 0 aromatic rings. The summed E-state index contributed by atoms with van der Waals surface area (Å²) in [5.41, 5.74) is 0.0723. The lowest BCUT2D eigenvalue weighted by Gasteiger charge is -2.49. The minimum atomic E-state index is -0.510. The molecule has 3 N–H and O–H groups in total. The monoisotopic (exact) mass is 329 g/mol. The summed E-state index contributed by atoms with van der Waals surface area (Å²) in [4.78, 5) is 6.81. The molecule has 0 spiro atoms. The molecule has 2 aliphatic heterocycles. The van der Waals surface area contributed by atoms with Crippen LogP contribution in [0.3, 0.4) is 0 Å². The minimum absolute atomic E-state index is 0.000486. The van der Waals surface area contributed by atoms with Crippen molar-refractivity contribution in [3.05, 3.63) is 0 Å². The standard InChI is InChI=1S/C17H35N3O3/c1-5-18-11-13(22)10-14(18)16(23)15-12-20(17(2,3)4)7-6-19(15)8-9-21/h13-16,21-23H,5-12H2,1-4H3. The number of likely N-dealkylation sites (N-methyl/N-ethyl adjacent to an activating group) is 1. The Morgan fingerprint density at radius 2 is 1.78 bits per heavy atom. The molecule has 2 fully saturated rings. The van der Waals surface area contributed by atoms with E-state index in [1.165, 1.54) is 0 Å². The van der Waals surface area contributed by atoms with Gasteiger partial charge in [0, 0.05) is 50.3 Å². The van der Waals surface area contributed by atoms with Gasteiger partial charge in [-0.3, -0.25) is 14.7 Å². The molecule has 0 saturated carbocycles. The van der Waals surface area contributed by atoms with Crippen molar-refractivity contribution in [3.63, 3.8) is 0 Å². The van der Waals surface area contributed by atoms with Gasteiger partial charge in [0.15, 0.2) is 0 Å². The number of rotatable bonds is 5. The molecule has 2 heterocycles. The third-order valence-electron chi connectivity index (χ3n) is 5.49. The Balaban J connectivity index is 2.13. The topological polar surface area (TPSA) is 70.4 Å². The van der Waals surface area contributed by atoms with Crippen LogP contribution in [0.5, 0.6) is 0 Å². The SMILES string of the molecule is CCN1CC(O)CC1C(O)C1CN(C(C)(C)C)CCN1CCO. The normalized spacial score (nSPS) is 33.3. The molecule has 2 rings (SSSR count). The summed E-state index contributed by atoms with van der Waals surface area (Å²) < 4.78 is 0. The Bertz CT molecular complexity index is 375. The van der Waals surface area contributed by atoms with Gasteiger partial charge in [-0.1, -0.05) is 6.92 Å². The van der Waals surface area contributed by atoms with Crippen LogP contribution < -0.4 is 0 Å². The van der Waals surface area contributed by atoms with Crippen molar-refractivity contribution in [1.82, 2.24) is 14.7 Å². The van der Waals surface area contributed by atoms with E-state index < -0.39 is 6.10 Å². The van der Waals surface area contributed by atoms with Gasteiger partial charge < -0.3 is 15.3 Å². The largest absolute Gasteiger partial charge is 0.395 e. The fourth-order valence-corrected chi connectivity index (χ4v) is 4.07. The van der Waals surface area contributed by atoms with Crippen LogP contribution >= 0.6 is 0 Å². The maximum Gasteiger partial charge on any atom is 0.0863 e. The van der Waals surface area contributed by atoms with E-state index in [1.54, 1.807) is 0 Å². The van der Waals surface area contributed by atoms with Gasteiger partial charge in [-0.25, -0.2) is 0 Å². The zero-order valence-corrected chi connectivity index (χ0v) is 15.1. The molecule has 2 aliphatic rings. The smallest absolute Gasteiger partial charge is 0.0863 e. The molecule has 23 heavy (non-hydrogen) atoms. The predicted octanol–water partition coefficient (Wildman–Crippen LogP) is -0.421. The average molecular weight is 329 g/mol. The van der Waals surface area contributed by atoms with Gasteiger partial charge in [0.2, 0.25) is 0 Å². The Kier molecular flexibility index (Phi) is 6.44. The summed E-state index contributed by atoms with van der Waals surface area (Å²) in [5.74, 6) is 0. The van der Waals surface area contributed by atoms with Crippen molar-refractivity contribution >= 4 is 0 Å². The summed E-state index contributed by atoms with van der Waals surface area (Å²) in [6, 6.07) is 0.000543. The third kappa shape index (κ3) is 4.44. The van der Waals surface area contributed by atoms with Crippen LogP contribution in [0.1, 0.15) is 34.1 Å². The second-order valence-corrected chi connectivity index (χ2v) is 7.98. The lowest BCUT2D eigenvalue weighted by molar-refractivity contribution is -0.0607. The maximum absolute atomic E-state index is 11.1. The Labute approximate surface area is 140 Å². The molecule has 4 atom stereocenters. The maximum atomic E-state index is 11.1. The van der Waals surface area contributed by atoms with E-state index in [-0.39, 0.29) is 30.3 Å². The molecular formula is C17H35N3O3. The Morgan fingerprint density at radius 1 is 1.09 bits per heavy atom. The van der Waals surface area contributed by atoms with Crippen LogP contribution in [-0.4, -0.2) is 106 Å². The highest BCUT2D eigenvalue weighted by Gasteiger charge is 2.43. The number of aliphatic hydroxyl groups is 3. The van der Waals surface area contributed by atoms with Crippen LogP contribution in [0, 0.1) is 0 Å². The van der Waals surface area contributed by atoms with Crippen LogP contribution in [0.4, 0.5) is 0 Å². The summed E-state index contributed by atoms with van der Waals surface area (Å²) in [7, 11) is 0. The quantitative estimate of drug-likeness (QED) is 0.636. The van der Waals surface area contributed by atoms with Crippen molar-refractivity contribution in [2.45, 2.75) is 63.9 Å². The fourth-order valence-electron chi connectivity index (χ4n) is 4.07. The zero-order chi connectivity index (χ0) is 17.2. The van der Waals surface area contributed by atoms with Gasteiger partial charge in [-0.15, -0.1) is 0 Å². The second-order valence-electron chi connectivity index (χ2n) is 7.98. The van der Waals surface area contributed by atoms with Crippen molar-refractivity contribution < 1.29 is 15.3 Å². The third-order valence-corrected chi connectivity index (χ3v) is 5.49. The van der Waals surface area contributed by atoms with Crippen molar-refractivity contribution in [3.8, 4) is 0 Å². The highest BCUT2D eigenvalue weighted by Crippen LogP contribution is 2.27. The number of aliphatic hydroxyl groups excluding tert-OH is 3. The molecule has 0 aromatic heterocycles. The first-order valence-corrected chi connectivity index (χ1v) is 8.98. The molecule has 136 valence electrons. The van der Waals surface area contributed by atoms with Crippen molar-refractivity contribution in [1.29, 1.82) is 0 Å². The second kappa shape index (κ2) is 7.76. The number of likely N-dealkylation sites (tertiary alicyclic amines) is 1. The number of hydrogen-bond acceptors (Lipinski definition) is 6. The van der Waals surface area contributed by atoms with Crippen molar-refractivity contribution in [2.24, 2.45) is 0 Å². The number of piperazine rings is 1. The van der Waals surface area contributed by atoms with Gasteiger partial charge in [-0.2, -0.15) is 0 Å². The van der Waals surface area contributed by atoms with Gasteiger partial charge in [-0.05, 0) is 33.7 Å². The number of nitrogens with zero attached hydrogens (tertiary/aromatic N) is 3. The molecule has 0 aromatic carbocycles. The molecule has 0 bridgehead atoms. The van der Waals surface area contributed by atoms with Gasteiger partial charge in [0.1, 0.15) is 0 Å². The molecule has 0 radical (unpaired) electrons. The van der Waals surface area contributed by atoms with E-state index in [0.717, 1.165) is 26.2 Å². The minimum Gasteiger partial charge on any atom is -0.395 e. The Hall–Kier alpha value is -0.240. The molecule has 0 aliphatic carbocycles. The van der Waals surface area contributed by atoms with Crippen molar-refractivity contribution in [2.75, 3.05) is 45.9 Å². The van der Waals surface area contributed by atoms with E-state index in [9.17, 15) is 15.3 Å². The molecule has 6 nitrogen and oxygen atoms in total. The highest BCUT2D eigenvalue weighted by molar-refractivity contribution is 4.99. The molecule has 6 heteroatoms. The van der Waals surface area contributed by atoms with Gasteiger partial charge in [0.25, 0.3) is 0 Å². The highest BCUT2D eigenvalue weighted by atomic mass is 16.3. The van der Waals surface area contributed by atoms with Gasteiger partial charge in [0.05, 0.1) is 18.8 Å². The molecule has 4 unspecified atom stereocenters. The van der Waals surface area contributed by atoms with E-state index in [0.29, 0.717) is 19.5 Å². The van der Waals surface area contributed by atoms with Crippen LogP contribution in [0.25, 0.3) is 0 Å². The first-order valence-electron chi connectivity index (χ1n) is 8.98. The summed E-state index contributed by atoms with van der Waals surface area (Å²) in [6.45, 7) is 13.5. The summed E-state index contributed by atoms with van der Waals surface area (Å²) >= 11 is 0. The van der Waals surface area contributed by atoms with Crippen LogP contribution in [0.15, 0.2) is 0 Å². The summed E-state index contributed by atoms with van der Waals surface area (Å²) in [6.07, 6.45) is -0.222. The first kappa shape index (κ1) is 19.1. The number of hydrogen-bond donors (Lipinski definition) is 3.